The number of ether oxygens (including phenoxy) is 1. The molecule has 0 aliphatic carbocycles. The second-order valence-corrected chi connectivity index (χ2v) is 6.91. The van der Waals surface area contributed by atoms with E-state index in [2.05, 4.69) is 21.7 Å². The third-order valence-electron chi connectivity index (χ3n) is 4.01. The largest absolute Gasteiger partial charge is 0.497 e. The number of amides is 2. The Labute approximate surface area is 160 Å². The van der Waals surface area contributed by atoms with Crippen LogP contribution in [0.1, 0.15) is 0 Å². The van der Waals surface area contributed by atoms with Crippen LogP contribution in [0.2, 0.25) is 0 Å². The van der Waals surface area contributed by atoms with Crippen LogP contribution in [-0.2, 0) is 0 Å². The van der Waals surface area contributed by atoms with Crippen molar-refractivity contribution in [2.24, 2.45) is 0 Å². The van der Waals surface area contributed by atoms with Crippen molar-refractivity contribution in [3.05, 3.63) is 72.8 Å². The van der Waals surface area contributed by atoms with Gasteiger partial charge in [-0.3, -0.25) is 0 Å². The van der Waals surface area contributed by atoms with Crippen molar-refractivity contribution in [2.75, 3.05) is 17.7 Å². The van der Waals surface area contributed by atoms with Gasteiger partial charge in [0.1, 0.15) is 10.8 Å². The standard InChI is InChI=1S/C21H17N3O2S/c1-26-17-6-4-5-16(13-17)23-21(25)22-15-11-9-14(10-12-15)20-24-18-7-2-3-8-19(18)27-20/h2-13H,1H3,(H2,22,23,25). The molecule has 6 heteroatoms. The first-order valence-corrected chi connectivity index (χ1v) is 9.21. The number of carbonyl (C=O) groups excluding carboxylic acids is 1. The number of methoxy groups -OCH3 is 1. The smallest absolute Gasteiger partial charge is 0.323 e. The van der Waals surface area contributed by atoms with E-state index < -0.39 is 0 Å². The summed E-state index contributed by atoms with van der Waals surface area (Å²) in [5.41, 5.74) is 3.39. The van der Waals surface area contributed by atoms with Gasteiger partial charge in [0.15, 0.2) is 0 Å². The lowest BCUT2D eigenvalue weighted by Gasteiger charge is -2.09. The zero-order chi connectivity index (χ0) is 18.6. The van der Waals surface area contributed by atoms with Crippen LogP contribution in [0.3, 0.4) is 0 Å². The number of carbonyl (C=O) groups is 1. The highest BCUT2D eigenvalue weighted by atomic mass is 32.1. The van der Waals surface area contributed by atoms with E-state index in [0.717, 1.165) is 20.8 Å². The normalized spacial score (nSPS) is 10.6. The molecule has 4 rings (SSSR count). The highest BCUT2D eigenvalue weighted by Gasteiger charge is 2.07. The van der Waals surface area contributed by atoms with Gasteiger partial charge in [-0.1, -0.05) is 18.2 Å². The quantitative estimate of drug-likeness (QED) is 0.487. The van der Waals surface area contributed by atoms with Gasteiger partial charge in [0.2, 0.25) is 0 Å². The number of thiazole rings is 1. The number of hydrogen-bond acceptors (Lipinski definition) is 4. The van der Waals surface area contributed by atoms with Gasteiger partial charge in [0, 0.05) is 23.0 Å². The van der Waals surface area contributed by atoms with Gasteiger partial charge in [-0.25, -0.2) is 9.78 Å². The third kappa shape index (κ3) is 3.91. The van der Waals surface area contributed by atoms with E-state index in [4.69, 9.17) is 4.74 Å². The fourth-order valence-electron chi connectivity index (χ4n) is 2.69. The first kappa shape index (κ1) is 17.1. The summed E-state index contributed by atoms with van der Waals surface area (Å²) in [6, 6.07) is 22.6. The predicted molar refractivity (Wildman–Crippen MR) is 111 cm³/mol. The molecule has 4 aromatic rings. The molecule has 0 saturated heterocycles. The molecule has 1 heterocycles. The summed E-state index contributed by atoms with van der Waals surface area (Å²) < 4.78 is 6.31. The minimum Gasteiger partial charge on any atom is -0.497 e. The number of para-hydroxylation sites is 1. The topological polar surface area (TPSA) is 63.2 Å². The number of hydrogen-bond donors (Lipinski definition) is 2. The van der Waals surface area contributed by atoms with Gasteiger partial charge in [0.05, 0.1) is 17.3 Å². The van der Waals surface area contributed by atoms with Gasteiger partial charge >= 0.3 is 6.03 Å². The maximum absolute atomic E-state index is 12.2. The summed E-state index contributed by atoms with van der Waals surface area (Å²) in [7, 11) is 1.59. The Bertz CT molecular complexity index is 1060. The van der Waals surface area contributed by atoms with Crippen molar-refractivity contribution < 1.29 is 9.53 Å². The van der Waals surface area contributed by atoms with Crippen molar-refractivity contribution in [2.45, 2.75) is 0 Å². The van der Waals surface area contributed by atoms with Crippen molar-refractivity contribution >= 4 is 39.0 Å². The molecule has 0 aliphatic rings. The summed E-state index contributed by atoms with van der Waals surface area (Å²) in [5, 5.41) is 6.58. The molecule has 0 spiro atoms. The van der Waals surface area contributed by atoms with Crippen LogP contribution in [0.25, 0.3) is 20.8 Å². The second kappa shape index (κ2) is 7.47. The average Bonchev–Trinajstić information content (AvgIpc) is 3.13. The van der Waals surface area contributed by atoms with E-state index in [1.807, 2.05) is 54.6 Å². The number of nitrogens with one attached hydrogen (secondary N) is 2. The zero-order valence-corrected chi connectivity index (χ0v) is 15.4. The molecule has 5 nitrogen and oxygen atoms in total. The van der Waals surface area contributed by atoms with Crippen molar-refractivity contribution in [3.63, 3.8) is 0 Å². The molecule has 134 valence electrons. The van der Waals surface area contributed by atoms with Gasteiger partial charge in [0.25, 0.3) is 0 Å². The zero-order valence-electron chi connectivity index (χ0n) is 14.6. The Hall–Kier alpha value is -3.38. The Morgan fingerprint density at radius 2 is 1.70 bits per heavy atom. The van der Waals surface area contributed by atoms with Crippen LogP contribution < -0.4 is 15.4 Å². The SMILES string of the molecule is COc1cccc(NC(=O)Nc2ccc(-c3nc4ccccc4s3)cc2)c1. The molecule has 2 amide bonds. The Balaban J connectivity index is 1.44. The molecule has 2 N–H and O–H groups in total. The van der Waals surface area contributed by atoms with Gasteiger partial charge in [-0.05, 0) is 48.5 Å². The molecule has 0 fully saturated rings. The first-order valence-electron chi connectivity index (χ1n) is 8.39. The number of fused-ring (bicyclic) bond motifs is 1. The maximum Gasteiger partial charge on any atom is 0.323 e. The lowest BCUT2D eigenvalue weighted by atomic mass is 10.2. The van der Waals surface area contributed by atoms with E-state index in [1.54, 1.807) is 30.6 Å². The van der Waals surface area contributed by atoms with Gasteiger partial charge in [-0.2, -0.15) is 0 Å². The van der Waals surface area contributed by atoms with Crippen LogP contribution in [-0.4, -0.2) is 18.1 Å². The number of anilines is 2. The Morgan fingerprint density at radius 3 is 2.48 bits per heavy atom. The minimum absolute atomic E-state index is 0.309. The van der Waals surface area contributed by atoms with E-state index >= 15 is 0 Å². The molecule has 27 heavy (non-hydrogen) atoms. The molecule has 1 aromatic heterocycles. The van der Waals surface area contributed by atoms with E-state index in [0.29, 0.717) is 17.1 Å². The molecule has 0 radical (unpaired) electrons. The van der Waals surface area contributed by atoms with Crippen LogP contribution in [0.4, 0.5) is 16.2 Å². The molecule has 0 bridgehead atoms. The summed E-state index contributed by atoms with van der Waals surface area (Å²) in [4.78, 5) is 16.8. The van der Waals surface area contributed by atoms with Crippen LogP contribution in [0.15, 0.2) is 72.8 Å². The molecule has 3 aromatic carbocycles. The lowest BCUT2D eigenvalue weighted by Crippen LogP contribution is -2.19. The maximum atomic E-state index is 12.2. The summed E-state index contributed by atoms with van der Waals surface area (Å²) in [6.07, 6.45) is 0. The first-order chi connectivity index (χ1) is 13.2. The molecule has 0 aliphatic heterocycles. The Morgan fingerprint density at radius 1 is 0.926 bits per heavy atom. The fourth-order valence-corrected chi connectivity index (χ4v) is 3.66. The van der Waals surface area contributed by atoms with Crippen LogP contribution in [0.5, 0.6) is 5.75 Å². The van der Waals surface area contributed by atoms with Crippen LogP contribution in [0, 0.1) is 0 Å². The van der Waals surface area contributed by atoms with E-state index in [9.17, 15) is 4.79 Å². The van der Waals surface area contributed by atoms with Crippen molar-refractivity contribution in [1.82, 2.24) is 4.98 Å². The lowest BCUT2D eigenvalue weighted by molar-refractivity contribution is 0.262. The number of rotatable bonds is 4. The van der Waals surface area contributed by atoms with E-state index in [-0.39, 0.29) is 6.03 Å². The average molecular weight is 375 g/mol. The number of nitrogens with zero attached hydrogens (tertiary/aromatic N) is 1. The van der Waals surface area contributed by atoms with Crippen LogP contribution >= 0.6 is 11.3 Å². The number of aromatic nitrogens is 1. The molecule has 0 atom stereocenters. The minimum atomic E-state index is -0.309. The van der Waals surface area contributed by atoms with Gasteiger partial charge < -0.3 is 15.4 Å². The highest BCUT2D eigenvalue weighted by molar-refractivity contribution is 7.21. The molecule has 0 unspecified atom stereocenters. The third-order valence-corrected chi connectivity index (χ3v) is 5.10. The highest BCUT2D eigenvalue weighted by Crippen LogP contribution is 2.30. The molecular weight excluding hydrogens is 358 g/mol. The number of benzene rings is 3. The second-order valence-electron chi connectivity index (χ2n) is 5.88. The summed E-state index contributed by atoms with van der Waals surface area (Å²) in [6.45, 7) is 0. The Kier molecular flexibility index (Phi) is 4.72. The summed E-state index contributed by atoms with van der Waals surface area (Å²) >= 11 is 1.65. The predicted octanol–water partition coefficient (Wildman–Crippen LogP) is 5.62. The van der Waals surface area contributed by atoms with E-state index in [1.165, 1.54) is 0 Å². The molecular formula is C21H17N3O2S. The van der Waals surface area contributed by atoms with Crippen molar-refractivity contribution in [3.8, 4) is 16.3 Å². The van der Waals surface area contributed by atoms with Crippen molar-refractivity contribution in [1.29, 1.82) is 0 Å². The monoisotopic (exact) mass is 375 g/mol. The molecule has 0 saturated carbocycles. The van der Waals surface area contributed by atoms with Gasteiger partial charge in [-0.15, -0.1) is 11.3 Å². The summed E-state index contributed by atoms with van der Waals surface area (Å²) in [5.74, 6) is 0.688. The number of urea groups is 1. The fraction of sp³-hybridized carbons (Fsp3) is 0.0476.